The van der Waals surface area contributed by atoms with Gasteiger partial charge in [0.25, 0.3) is 5.91 Å². The molecule has 3 rings (SSSR count). The van der Waals surface area contributed by atoms with E-state index in [1.54, 1.807) is 12.1 Å². The number of amides is 1. The van der Waals surface area contributed by atoms with Gasteiger partial charge in [0.2, 0.25) is 17.9 Å². The Bertz CT molecular complexity index is 751. The molecular weight excluding hydrogens is 342 g/mol. The van der Waals surface area contributed by atoms with Crippen LogP contribution in [0.25, 0.3) is 0 Å². The first kappa shape index (κ1) is 15.5. The van der Waals surface area contributed by atoms with Crippen molar-refractivity contribution in [2.45, 2.75) is 12.5 Å². The summed E-state index contributed by atoms with van der Waals surface area (Å²) >= 11 is 7.28. The van der Waals surface area contributed by atoms with Crippen LogP contribution in [0.15, 0.2) is 29.6 Å². The Balaban J connectivity index is 1.54. The van der Waals surface area contributed by atoms with Gasteiger partial charge in [0, 0.05) is 18.7 Å². The Hall–Kier alpha value is -2.39. The third-order valence-electron chi connectivity index (χ3n) is 2.96. The fourth-order valence-corrected chi connectivity index (χ4v) is 2.88. The highest BCUT2D eigenvalue weighted by atomic mass is 35.5. The van der Waals surface area contributed by atoms with Crippen LogP contribution in [0.4, 0.5) is 5.95 Å². The van der Waals surface area contributed by atoms with Gasteiger partial charge in [-0.1, -0.05) is 16.8 Å². The molecule has 1 aliphatic rings. The van der Waals surface area contributed by atoms with Gasteiger partial charge < -0.3 is 9.57 Å². The number of nitrogens with one attached hydrogen (secondary N) is 2. The fourth-order valence-electron chi connectivity index (χ4n) is 1.85. The van der Waals surface area contributed by atoms with Crippen LogP contribution in [0.2, 0.25) is 4.34 Å². The van der Waals surface area contributed by atoms with Crippen LogP contribution in [0.3, 0.4) is 0 Å². The highest BCUT2D eigenvalue weighted by molar-refractivity contribution is 7.18. The maximum atomic E-state index is 12.1. The average Bonchev–Trinajstić information content (AvgIpc) is 3.21. The average molecular weight is 354 g/mol. The lowest BCUT2D eigenvalue weighted by Crippen LogP contribution is -2.38. The summed E-state index contributed by atoms with van der Waals surface area (Å²) < 4.78 is 5.63. The van der Waals surface area contributed by atoms with E-state index < -0.39 is 6.10 Å². The highest BCUT2D eigenvalue weighted by Gasteiger charge is 2.29. The lowest BCUT2D eigenvalue weighted by Gasteiger charge is -2.10. The molecule has 0 saturated carbocycles. The maximum Gasteiger partial charge on any atom is 0.282 e. The molecule has 1 amide bonds. The number of halogens is 1. The van der Waals surface area contributed by atoms with Crippen LogP contribution in [0, 0.1) is 0 Å². The molecule has 120 valence electrons. The molecule has 2 aromatic rings. The molecular formula is C13H12ClN5O3S. The van der Waals surface area contributed by atoms with Gasteiger partial charge in [-0.3, -0.25) is 15.6 Å². The third kappa shape index (κ3) is 3.69. The predicted molar refractivity (Wildman–Crippen MR) is 85.7 cm³/mol. The number of aromatic nitrogens is 2. The molecule has 0 spiro atoms. The van der Waals surface area contributed by atoms with Gasteiger partial charge in [0.1, 0.15) is 5.71 Å². The first-order chi connectivity index (χ1) is 11.2. The first-order valence-corrected chi connectivity index (χ1v) is 7.76. The normalized spacial score (nSPS) is 16.4. The quantitative estimate of drug-likeness (QED) is 0.796. The summed E-state index contributed by atoms with van der Waals surface area (Å²) in [5.41, 5.74) is 5.78. The van der Waals surface area contributed by atoms with Gasteiger partial charge >= 0.3 is 0 Å². The van der Waals surface area contributed by atoms with E-state index >= 15 is 0 Å². The van der Waals surface area contributed by atoms with Crippen molar-refractivity contribution >= 4 is 40.5 Å². The lowest BCUT2D eigenvalue weighted by atomic mass is 10.1. The Morgan fingerprint density at radius 3 is 3.09 bits per heavy atom. The number of hydrogen-bond acceptors (Lipinski definition) is 8. The van der Waals surface area contributed by atoms with Gasteiger partial charge in [0.15, 0.2) is 0 Å². The zero-order valence-corrected chi connectivity index (χ0v) is 13.5. The highest BCUT2D eigenvalue weighted by Crippen LogP contribution is 2.26. The summed E-state index contributed by atoms with van der Waals surface area (Å²) in [6, 6.07) is 5.22. The number of thiophene rings is 1. The topological polar surface area (TPSA) is 97.7 Å². The second-order valence-electron chi connectivity index (χ2n) is 4.48. The molecule has 2 N–H and O–H groups in total. The minimum absolute atomic E-state index is 0.210. The second-order valence-corrected chi connectivity index (χ2v) is 6.19. The van der Waals surface area contributed by atoms with Gasteiger partial charge in [-0.2, -0.15) is 4.98 Å². The van der Waals surface area contributed by atoms with Crippen molar-refractivity contribution in [3.63, 3.8) is 0 Å². The monoisotopic (exact) mass is 353 g/mol. The lowest BCUT2D eigenvalue weighted by molar-refractivity contribution is -0.130. The van der Waals surface area contributed by atoms with E-state index in [1.807, 2.05) is 6.07 Å². The van der Waals surface area contributed by atoms with Gasteiger partial charge in [-0.15, -0.1) is 11.3 Å². The number of ether oxygens (including phenoxy) is 1. The summed E-state index contributed by atoms with van der Waals surface area (Å²) in [4.78, 5) is 26.1. The summed E-state index contributed by atoms with van der Waals surface area (Å²) in [6.07, 6.45) is 1.15. The van der Waals surface area contributed by atoms with E-state index in [0.717, 1.165) is 4.88 Å². The van der Waals surface area contributed by atoms with E-state index in [4.69, 9.17) is 21.2 Å². The molecule has 8 nitrogen and oxygen atoms in total. The Morgan fingerprint density at radius 1 is 1.48 bits per heavy atom. The molecule has 1 aliphatic heterocycles. The molecule has 23 heavy (non-hydrogen) atoms. The Morgan fingerprint density at radius 2 is 2.35 bits per heavy atom. The number of carbonyl (C=O) groups excluding carboxylic acids is 1. The van der Waals surface area contributed by atoms with Crippen molar-refractivity contribution in [3.8, 4) is 5.88 Å². The summed E-state index contributed by atoms with van der Waals surface area (Å²) in [5, 5.41) is 3.93. The number of hydrazine groups is 1. The molecule has 0 bridgehead atoms. The zero-order valence-electron chi connectivity index (χ0n) is 11.9. The predicted octanol–water partition coefficient (Wildman–Crippen LogP) is 1.84. The van der Waals surface area contributed by atoms with Crippen LogP contribution < -0.4 is 15.6 Å². The fraction of sp³-hybridized carbons (Fsp3) is 0.231. The number of rotatable bonds is 5. The molecule has 1 unspecified atom stereocenters. The van der Waals surface area contributed by atoms with E-state index in [0.29, 0.717) is 22.3 Å². The number of carbonyl (C=O) groups is 1. The molecule has 10 heteroatoms. The van der Waals surface area contributed by atoms with E-state index in [2.05, 4.69) is 26.0 Å². The van der Waals surface area contributed by atoms with Gasteiger partial charge in [-0.25, -0.2) is 4.98 Å². The van der Waals surface area contributed by atoms with E-state index in [9.17, 15) is 4.79 Å². The van der Waals surface area contributed by atoms with E-state index in [-0.39, 0.29) is 11.9 Å². The van der Waals surface area contributed by atoms with Crippen molar-refractivity contribution in [2.24, 2.45) is 5.16 Å². The number of hydrogen-bond donors (Lipinski definition) is 2. The van der Waals surface area contributed by atoms with Crippen molar-refractivity contribution < 1.29 is 14.4 Å². The second kappa shape index (κ2) is 6.80. The number of anilines is 1. The van der Waals surface area contributed by atoms with Gasteiger partial charge in [-0.05, 0) is 12.1 Å². The van der Waals surface area contributed by atoms with Crippen LogP contribution in [0.5, 0.6) is 5.88 Å². The van der Waals surface area contributed by atoms with Crippen LogP contribution in [-0.2, 0) is 9.63 Å². The molecule has 0 aliphatic carbocycles. The third-order valence-corrected chi connectivity index (χ3v) is 4.24. The molecule has 0 fully saturated rings. The van der Waals surface area contributed by atoms with Crippen LogP contribution in [0.1, 0.15) is 11.3 Å². The first-order valence-electron chi connectivity index (χ1n) is 6.57. The largest absolute Gasteiger partial charge is 0.481 e. The number of nitrogens with zero attached hydrogens (tertiary/aromatic N) is 3. The smallest absolute Gasteiger partial charge is 0.282 e. The molecule has 0 radical (unpaired) electrons. The molecule has 0 aromatic carbocycles. The van der Waals surface area contributed by atoms with Crippen LogP contribution in [-0.4, -0.2) is 34.8 Å². The van der Waals surface area contributed by atoms with Gasteiger partial charge in [0.05, 0.1) is 16.3 Å². The number of oxime groups is 1. The van der Waals surface area contributed by atoms with E-state index in [1.165, 1.54) is 24.6 Å². The number of methoxy groups -OCH3 is 1. The summed E-state index contributed by atoms with van der Waals surface area (Å²) in [7, 11) is 1.49. The Kier molecular flexibility index (Phi) is 4.58. The minimum Gasteiger partial charge on any atom is -0.481 e. The molecule has 0 saturated heterocycles. The van der Waals surface area contributed by atoms with Crippen LogP contribution >= 0.6 is 22.9 Å². The van der Waals surface area contributed by atoms with Crippen molar-refractivity contribution in [1.82, 2.24) is 15.4 Å². The molecule has 3 heterocycles. The van der Waals surface area contributed by atoms with Crippen molar-refractivity contribution in [2.75, 3.05) is 12.5 Å². The minimum atomic E-state index is -0.719. The molecule has 2 aromatic heterocycles. The molecule has 1 atom stereocenters. The Labute approximate surface area is 140 Å². The maximum absolute atomic E-state index is 12.1. The van der Waals surface area contributed by atoms with Crippen molar-refractivity contribution in [3.05, 3.63) is 33.6 Å². The zero-order chi connectivity index (χ0) is 16.2. The SMILES string of the molecule is COc1ccnc(NNC(=O)C2CC(c3ccc(Cl)s3)=NO2)n1. The summed E-state index contributed by atoms with van der Waals surface area (Å²) in [6.45, 7) is 0. The standard InChI is InChI=1S/C13H12ClN5O3S/c1-21-11-4-5-15-13(16-11)18-17-12(20)8-6-7(19-22-8)9-2-3-10(14)23-9/h2-5,8H,6H2,1H3,(H,17,20)(H,15,16,18). The summed E-state index contributed by atoms with van der Waals surface area (Å²) in [5.74, 6) is 0.216. The van der Waals surface area contributed by atoms with Crippen molar-refractivity contribution in [1.29, 1.82) is 0 Å².